The van der Waals surface area contributed by atoms with E-state index < -0.39 is 50.5 Å². The first-order valence-corrected chi connectivity index (χ1v) is 22.2. The number of piperidine rings is 3. The maximum absolute atomic E-state index is 16.1. The number of nitriles is 1. The predicted molar refractivity (Wildman–Crippen MR) is 227 cm³/mol. The number of amides is 3. The van der Waals surface area contributed by atoms with E-state index in [1.54, 1.807) is 30.0 Å². The lowest BCUT2D eigenvalue weighted by atomic mass is 9.88. The van der Waals surface area contributed by atoms with Crippen molar-refractivity contribution in [3.63, 3.8) is 0 Å². The number of nitrogens with one attached hydrogen (secondary N) is 3. The summed E-state index contributed by atoms with van der Waals surface area (Å²) in [6.45, 7) is 3.50. The van der Waals surface area contributed by atoms with Crippen LogP contribution < -0.4 is 25.7 Å². The molecule has 3 aromatic carbocycles. The first-order valence-electron chi connectivity index (χ1n) is 20.8. The minimum Gasteiger partial charge on any atom is -0.453 e. The molecule has 3 amide bonds. The second-order valence-electron chi connectivity index (χ2n) is 16.2. The highest BCUT2D eigenvalue weighted by atomic mass is 32.2. The Hall–Kier alpha value is -6.04. The molecule has 0 bridgehead atoms. The topological polar surface area (TPSA) is 199 Å². The largest absolute Gasteiger partial charge is 0.453 e. The average Bonchev–Trinajstić information content (AvgIpc) is 3.26. The number of nitrogens with zero attached hydrogens (tertiary/aromatic N) is 6. The Morgan fingerprint density at radius 1 is 1.03 bits per heavy atom. The van der Waals surface area contributed by atoms with Crippen molar-refractivity contribution in [3.05, 3.63) is 88.0 Å². The summed E-state index contributed by atoms with van der Waals surface area (Å²) >= 11 is 0. The monoisotopic (exact) mass is 891 g/mol. The number of imide groups is 1. The lowest BCUT2D eigenvalue weighted by molar-refractivity contribution is -0.136. The van der Waals surface area contributed by atoms with Crippen LogP contribution in [0.4, 0.5) is 24.5 Å². The first-order chi connectivity index (χ1) is 30.1. The van der Waals surface area contributed by atoms with E-state index in [2.05, 4.69) is 20.3 Å². The fraction of sp³-hybridized carbons (Fsp3) is 0.442. The minimum absolute atomic E-state index is 0.00643. The van der Waals surface area contributed by atoms with E-state index in [1.807, 2.05) is 4.90 Å². The number of carbonyl (C=O) groups excluding carboxylic acids is 3. The maximum atomic E-state index is 16.1. The zero-order chi connectivity index (χ0) is 45.1. The molecule has 3 saturated heterocycles. The molecule has 7 rings (SSSR count). The summed E-state index contributed by atoms with van der Waals surface area (Å²) in [5.41, 5.74) is -1.43. The molecule has 63 heavy (non-hydrogen) atoms. The summed E-state index contributed by atoms with van der Waals surface area (Å²) in [5.74, 6) is -2.81. The van der Waals surface area contributed by atoms with Gasteiger partial charge in [0.25, 0.3) is 5.56 Å². The second-order valence-corrected chi connectivity index (χ2v) is 18.0. The van der Waals surface area contributed by atoms with E-state index in [9.17, 15) is 32.9 Å². The number of hydrogen-bond donors (Lipinski definition) is 3. The van der Waals surface area contributed by atoms with Crippen molar-refractivity contribution >= 4 is 50.2 Å². The number of benzene rings is 3. The van der Waals surface area contributed by atoms with Crippen LogP contribution in [0.1, 0.15) is 68.9 Å². The molecular weight excluding hydrogens is 844 g/mol. The van der Waals surface area contributed by atoms with Gasteiger partial charge in [0.15, 0.2) is 11.6 Å². The molecule has 1 unspecified atom stereocenters. The molecule has 4 heterocycles. The number of likely N-dealkylation sites (tertiary alicyclic amines) is 2. The molecule has 3 aliphatic rings. The molecule has 1 aromatic heterocycles. The summed E-state index contributed by atoms with van der Waals surface area (Å²) in [5, 5.41) is 15.2. The number of aryl methyl sites for hydroxylation is 1. The van der Waals surface area contributed by atoms with Crippen LogP contribution in [0.5, 0.6) is 11.5 Å². The summed E-state index contributed by atoms with van der Waals surface area (Å²) in [6, 6.07) is 12.3. The van der Waals surface area contributed by atoms with Crippen molar-refractivity contribution < 1.29 is 40.7 Å². The molecule has 1 atom stereocenters. The molecule has 0 aliphatic carbocycles. The van der Waals surface area contributed by atoms with E-state index in [-0.39, 0.29) is 98.8 Å². The highest BCUT2D eigenvalue weighted by Crippen LogP contribution is 2.36. The predicted octanol–water partition coefficient (Wildman–Crippen LogP) is 4.76. The lowest BCUT2D eigenvalue weighted by Gasteiger charge is -2.38. The maximum Gasteiger partial charge on any atom is 0.301 e. The minimum atomic E-state index is -4.05. The van der Waals surface area contributed by atoms with Gasteiger partial charge >= 0.3 is 10.2 Å². The first kappa shape index (κ1) is 45.0. The number of alkyl halides is 1. The fourth-order valence-electron chi connectivity index (χ4n) is 8.12. The van der Waals surface area contributed by atoms with Crippen LogP contribution in [0.25, 0.3) is 10.9 Å². The number of hydrogen-bond acceptors (Lipinski definition) is 11. The van der Waals surface area contributed by atoms with Crippen molar-refractivity contribution in [1.82, 2.24) is 29.0 Å². The Morgan fingerprint density at radius 2 is 1.78 bits per heavy atom. The zero-order valence-electron chi connectivity index (χ0n) is 34.8. The quantitative estimate of drug-likeness (QED) is 0.148. The highest BCUT2D eigenvalue weighted by molar-refractivity contribution is 7.90. The lowest BCUT2D eigenvalue weighted by Crippen LogP contribution is -2.49. The molecule has 3 fully saturated rings. The number of anilines is 2. The summed E-state index contributed by atoms with van der Waals surface area (Å²) < 4.78 is 81.9. The third kappa shape index (κ3) is 10.3. The molecule has 20 heteroatoms. The van der Waals surface area contributed by atoms with Crippen LogP contribution >= 0.6 is 0 Å². The number of ether oxygens (including phenoxy) is 1. The molecule has 16 nitrogen and oxygen atoms in total. The smallest absolute Gasteiger partial charge is 0.301 e. The fourth-order valence-corrected chi connectivity index (χ4v) is 9.06. The van der Waals surface area contributed by atoms with E-state index in [1.165, 1.54) is 42.2 Å². The molecule has 3 aliphatic heterocycles. The van der Waals surface area contributed by atoms with Crippen LogP contribution in [0, 0.1) is 23.0 Å². The molecule has 4 aromatic rings. The summed E-state index contributed by atoms with van der Waals surface area (Å²) in [6.07, 6.45) is 3.31. The second kappa shape index (κ2) is 18.7. The van der Waals surface area contributed by atoms with Crippen LogP contribution in [-0.4, -0.2) is 108 Å². The number of fused-ring (bicyclic) bond motifs is 1. The van der Waals surface area contributed by atoms with Crippen molar-refractivity contribution in [2.75, 3.05) is 56.4 Å². The summed E-state index contributed by atoms with van der Waals surface area (Å²) in [7, 11) is -2.71. The van der Waals surface area contributed by atoms with Crippen molar-refractivity contribution in [3.8, 4) is 17.6 Å². The van der Waals surface area contributed by atoms with E-state index in [4.69, 9.17) is 4.74 Å². The van der Waals surface area contributed by atoms with Crippen LogP contribution in [-0.2, 0) is 31.1 Å². The van der Waals surface area contributed by atoms with Gasteiger partial charge in [0.2, 0.25) is 17.7 Å². The standard InChI is InChI=1S/C43H48F3N9O7S/c1-3-52(2)63(60,61)51-36-9-7-33(44)40(32(36)24-47)62-29-5-8-35-31(23-29)42(59)55(26-48-35)21-16-43(46)14-19-54(20-15-43)39(57)25-53-17-12-27(13-18-53)30-6-4-28(22-34(30)45)49-37-10-11-38(56)50-41(37)58/h4-9,22-23,26-27,37,49,51H,3,10-21,25H2,1-2H3,(H,50,56,58). The SMILES string of the molecule is CCN(C)S(=O)(=O)Nc1ccc(F)c(Oc2ccc3ncn(CCC4(F)CCN(C(=O)CN5CCC(c6ccc(NC7CCC(=O)NC7=O)cc6F)CC5)CC4)c(=O)c3c2)c1C#N. The normalized spacial score (nSPS) is 18.6. The van der Waals surface area contributed by atoms with E-state index in [0.717, 1.165) is 16.4 Å². The van der Waals surface area contributed by atoms with Gasteiger partial charge in [-0.3, -0.25) is 38.7 Å². The van der Waals surface area contributed by atoms with E-state index >= 15 is 13.2 Å². The Bertz CT molecular complexity index is 2620. The van der Waals surface area contributed by atoms with Gasteiger partial charge in [0.1, 0.15) is 34.9 Å². The van der Waals surface area contributed by atoms with Crippen molar-refractivity contribution in [1.29, 1.82) is 5.26 Å². The molecule has 0 saturated carbocycles. The van der Waals surface area contributed by atoms with Gasteiger partial charge in [-0.1, -0.05) is 13.0 Å². The van der Waals surface area contributed by atoms with Gasteiger partial charge in [0.05, 0.1) is 29.5 Å². The third-order valence-electron chi connectivity index (χ3n) is 12.1. The van der Waals surface area contributed by atoms with Gasteiger partial charge in [-0.15, -0.1) is 0 Å². The number of aromatic nitrogens is 2. The van der Waals surface area contributed by atoms with Gasteiger partial charge in [-0.05, 0) is 106 Å². The van der Waals surface area contributed by atoms with Crippen molar-refractivity contribution in [2.45, 2.75) is 76.0 Å². The highest BCUT2D eigenvalue weighted by Gasteiger charge is 2.37. The van der Waals surface area contributed by atoms with E-state index in [0.29, 0.717) is 49.1 Å². The molecule has 0 radical (unpaired) electrons. The Labute approximate surface area is 362 Å². The van der Waals surface area contributed by atoms with Gasteiger partial charge in [-0.2, -0.15) is 18.0 Å². The molecule has 3 N–H and O–H groups in total. The van der Waals surface area contributed by atoms with Crippen LogP contribution in [0.2, 0.25) is 0 Å². The zero-order valence-corrected chi connectivity index (χ0v) is 35.7. The Morgan fingerprint density at radius 3 is 2.46 bits per heavy atom. The number of rotatable bonds is 14. The van der Waals surface area contributed by atoms with Crippen LogP contribution in [0.3, 0.4) is 0 Å². The molecular formula is C43H48F3N9O7S. The third-order valence-corrected chi connectivity index (χ3v) is 13.7. The Kier molecular flexibility index (Phi) is 13.4. The summed E-state index contributed by atoms with van der Waals surface area (Å²) in [4.78, 5) is 58.4. The number of halogens is 3. The Balaban J connectivity index is 0.904. The number of carbonyl (C=O) groups is 3. The van der Waals surface area contributed by atoms with Crippen molar-refractivity contribution in [2.24, 2.45) is 0 Å². The van der Waals surface area contributed by atoms with Crippen LogP contribution in [0.15, 0.2) is 59.7 Å². The van der Waals surface area contributed by atoms with Gasteiger partial charge in [-0.25, -0.2) is 18.2 Å². The molecule has 0 spiro atoms. The van der Waals surface area contributed by atoms with Gasteiger partial charge < -0.3 is 15.0 Å². The molecule has 334 valence electrons. The average molecular weight is 892 g/mol. The van der Waals surface area contributed by atoms with Gasteiger partial charge in [0, 0.05) is 45.3 Å².